The van der Waals surface area contributed by atoms with Crippen molar-refractivity contribution in [2.45, 2.75) is 88.1 Å². The molecule has 0 fully saturated rings. The molecule has 0 rings (SSSR count). The first-order valence-corrected chi connectivity index (χ1v) is 10.4. The number of hydrogen-bond acceptors (Lipinski definition) is 4. The van der Waals surface area contributed by atoms with Crippen molar-refractivity contribution in [1.82, 2.24) is 0 Å². The number of hydrogen-bond donors (Lipinski definition) is 2. The van der Waals surface area contributed by atoms with Gasteiger partial charge in [0.15, 0.2) is 0 Å². The summed E-state index contributed by atoms with van der Waals surface area (Å²) in [6.07, 6.45) is -25.9. The Morgan fingerprint density at radius 3 is 1.33 bits per heavy atom. The van der Waals surface area contributed by atoms with Crippen LogP contribution in [0.4, 0.5) is 71.1 Å². The van der Waals surface area contributed by atoms with Crippen molar-refractivity contribution in [1.29, 1.82) is 0 Å². The number of carbonyl (C=O) groups is 2. The molecule has 0 heterocycles. The van der Waals surface area contributed by atoms with Crippen molar-refractivity contribution < 1.29 is 80.5 Å². The summed E-state index contributed by atoms with van der Waals surface area (Å²) in [6.45, 7) is 1.53. The Kier molecular flexibility index (Phi) is 10.5. The van der Waals surface area contributed by atoms with E-state index < -0.39 is 91.0 Å². The van der Waals surface area contributed by atoms with Gasteiger partial charge in [0.2, 0.25) is 0 Å². The van der Waals surface area contributed by atoms with Crippen LogP contribution in [-0.4, -0.2) is 60.4 Å². The van der Waals surface area contributed by atoms with Gasteiger partial charge in [-0.1, -0.05) is 20.8 Å². The molecule has 0 spiro atoms. The SMILES string of the molecule is CC(CCOC(N)=O)CC(C)(C)C(CC(F)(F)C(F)(F)C(F)(F)F)(CC(F)(F)C(F)(F)C(F)(F)F)OC(N)=O. The Hall–Kier alpha value is -2.44. The molecule has 0 aromatic heterocycles. The molecule has 0 aliphatic rings. The Labute approximate surface area is 211 Å². The molecule has 20 heteroatoms. The van der Waals surface area contributed by atoms with E-state index in [1.165, 1.54) is 0 Å². The third-order valence-corrected chi connectivity index (χ3v) is 5.89. The minimum atomic E-state index is -7.09. The Balaban J connectivity index is 7.13. The van der Waals surface area contributed by atoms with E-state index in [0.29, 0.717) is 13.8 Å². The quantitative estimate of drug-likeness (QED) is 0.224. The zero-order valence-electron chi connectivity index (χ0n) is 20.2. The van der Waals surface area contributed by atoms with Crippen LogP contribution >= 0.6 is 0 Å². The lowest BCUT2D eigenvalue weighted by molar-refractivity contribution is -0.377. The highest BCUT2D eigenvalue weighted by Crippen LogP contribution is 2.59. The summed E-state index contributed by atoms with van der Waals surface area (Å²) in [4.78, 5) is 22.1. The van der Waals surface area contributed by atoms with Crippen molar-refractivity contribution >= 4 is 12.2 Å². The molecule has 0 aliphatic carbocycles. The number of halogens is 14. The summed E-state index contributed by atoms with van der Waals surface area (Å²) >= 11 is 0. The second kappa shape index (κ2) is 11.2. The van der Waals surface area contributed by atoms with E-state index in [-0.39, 0.29) is 6.42 Å². The van der Waals surface area contributed by atoms with Crippen molar-refractivity contribution in [3.63, 3.8) is 0 Å². The second-order valence-electron chi connectivity index (χ2n) is 9.47. The van der Waals surface area contributed by atoms with Crippen LogP contribution in [0.2, 0.25) is 0 Å². The lowest BCUT2D eigenvalue weighted by atomic mass is 9.63. The molecule has 0 bridgehead atoms. The van der Waals surface area contributed by atoms with Gasteiger partial charge in [-0.2, -0.15) is 61.5 Å². The van der Waals surface area contributed by atoms with Crippen LogP contribution in [0.3, 0.4) is 0 Å². The molecule has 2 amide bonds. The average molecular weight is 610 g/mol. The number of amides is 2. The van der Waals surface area contributed by atoms with Crippen LogP contribution in [0.25, 0.3) is 0 Å². The van der Waals surface area contributed by atoms with Gasteiger partial charge in [0.25, 0.3) is 0 Å². The molecule has 232 valence electrons. The Bertz CT molecular complexity index is 831. The summed E-state index contributed by atoms with van der Waals surface area (Å²) < 4.78 is 198. The van der Waals surface area contributed by atoms with Crippen molar-refractivity contribution in [2.24, 2.45) is 22.8 Å². The Morgan fingerprint density at radius 2 is 1.05 bits per heavy atom. The van der Waals surface area contributed by atoms with Gasteiger partial charge >= 0.3 is 48.2 Å². The van der Waals surface area contributed by atoms with Crippen LogP contribution in [0.5, 0.6) is 0 Å². The van der Waals surface area contributed by atoms with Crippen LogP contribution in [0, 0.1) is 11.3 Å². The molecule has 0 aromatic carbocycles. The van der Waals surface area contributed by atoms with E-state index in [2.05, 4.69) is 15.2 Å². The fourth-order valence-corrected chi connectivity index (χ4v) is 3.82. The minimum absolute atomic E-state index is 0.358. The number of nitrogens with two attached hydrogens (primary N) is 2. The minimum Gasteiger partial charge on any atom is -0.450 e. The van der Waals surface area contributed by atoms with Crippen LogP contribution in [0.15, 0.2) is 0 Å². The molecule has 1 atom stereocenters. The molecular formula is C19H24F14N2O4. The predicted molar refractivity (Wildman–Crippen MR) is 102 cm³/mol. The van der Waals surface area contributed by atoms with Gasteiger partial charge in [0, 0.05) is 5.41 Å². The first-order valence-electron chi connectivity index (χ1n) is 10.4. The molecule has 6 nitrogen and oxygen atoms in total. The normalized spacial score (nSPS) is 15.6. The maximum absolute atomic E-state index is 14.5. The monoisotopic (exact) mass is 610 g/mol. The standard InChI is InChI=1S/C19H24F14N2O4/c1-9(4-5-38-10(34)36)6-12(2,3)13(39-11(35)37,7-14(20,21)16(24,25)18(28,29)30)8-15(22,23)17(26,27)19(31,32)33/h9H,4-8H2,1-3H3,(H2,34,36)(H2,35,37). The van der Waals surface area contributed by atoms with E-state index in [9.17, 15) is 71.1 Å². The largest absolute Gasteiger partial charge is 0.459 e. The summed E-state index contributed by atoms with van der Waals surface area (Å²) in [6, 6.07) is 0. The highest BCUT2D eigenvalue weighted by Gasteiger charge is 2.79. The zero-order valence-corrected chi connectivity index (χ0v) is 20.2. The third kappa shape index (κ3) is 8.04. The van der Waals surface area contributed by atoms with Crippen LogP contribution in [-0.2, 0) is 9.47 Å². The number of primary amides is 2. The molecule has 0 saturated heterocycles. The van der Waals surface area contributed by atoms with Crippen molar-refractivity contribution in [3.05, 3.63) is 0 Å². The van der Waals surface area contributed by atoms with E-state index in [1.54, 1.807) is 0 Å². The first kappa shape index (κ1) is 36.6. The van der Waals surface area contributed by atoms with E-state index in [0.717, 1.165) is 6.92 Å². The van der Waals surface area contributed by atoms with E-state index >= 15 is 0 Å². The first-order chi connectivity index (χ1) is 16.9. The van der Waals surface area contributed by atoms with Crippen molar-refractivity contribution in [2.75, 3.05) is 6.61 Å². The average Bonchev–Trinajstić information content (AvgIpc) is 2.63. The second-order valence-corrected chi connectivity index (χ2v) is 9.47. The van der Waals surface area contributed by atoms with Crippen LogP contribution < -0.4 is 11.5 Å². The molecule has 0 radical (unpaired) electrons. The van der Waals surface area contributed by atoms with E-state index in [1.807, 2.05) is 0 Å². The fraction of sp³-hybridized carbons (Fsp3) is 0.895. The predicted octanol–water partition coefficient (Wildman–Crippen LogP) is 6.80. The van der Waals surface area contributed by atoms with Crippen molar-refractivity contribution in [3.8, 4) is 0 Å². The smallest absolute Gasteiger partial charge is 0.450 e. The molecule has 4 N–H and O–H groups in total. The highest BCUT2D eigenvalue weighted by molar-refractivity contribution is 5.65. The molecule has 0 aliphatic heterocycles. The fourth-order valence-electron chi connectivity index (χ4n) is 3.82. The molecular weight excluding hydrogens is 586 g/mol. The maximum atomic E-state index is 14.5. The summed E-state index contributed by atoms with van der Waals surface area (Å²) in [5, 5.41) is 0. The van der Waals surface area contributed by atoms with Gasteiger partial charge in [0.1, 0.15) is 5.60 Å². The maximum Gasteiger partial charge on any atom is 0.459 e. The van der Waals surface area contributed by atoms with Gasteiger partial charge in [-0.3, -0.25) is 0 Å². The Morgan fingerprint density at radius 1 is 0.692 bits per heavy atom. The van der Waals surface area contributed by atoms with E-state index in [4.69, 9.17) is 5.73 Å². The summed E-state index contributed by atoms with van der Waals surface area (Å²) in [5.41, 5.74) is 2.19. The highest BCUT2D eigenvalue weighted by atomic mass is 19.4. The van der Waals surface area contributed by atoms with Crippen LogP contribution in [0.1, 0.15) is 46.5 Å². The molecule has 1 unspecified atom stereocenters. The number of alkyl halides is 14. The number of rotatable bonds is 13. The number of carbonyl (C=O) groups excluding carboxylic acids is 2. The lowest BCUT2D eigenvalue weighted by Crippen LogP contribution is -2.64. The zero-order chi connectivity index (χ0) is 31.7. The summed E-state index contributed by atoms with van der Waals surface area (Å²) in [7, 11) is 0. The van der Waals surface area contributed by atoms with Gasteiger partial charge < -0.3 is 20.9 Å². The van der Waals surface area contributed by atoms with Gasteiger partial charge in [0.05, 0.1) is 19.4 Å². The lowest BCUT2D eigenvalue weighted by Gasteiger charge is -2.50. The van der Waals surface area contributed by atoms with Gasteiger partial charge in [-0.15, -0.1) is 0 Å². The van der Waals surface area contributed by atoms with Gasteiger partial charge in [-0.05, 0) is 18.8 Å². The number of ether oxygens (including phenoxy) is 2. The summed E-state index contributed by atoms with van der Waals surface area (Å²) in [5.74, 6) is -28.3. The topological polar surface area (TPSA) is 105 Å². The molecule has 0 aromatic rings. The van der Waals surface area contributed by atoms with Gasteiger partial charge in [-0.25, -0.2) is 9.59 Å². The molecule has 0 saturated carbocycles. The molecule has 39 heavy (non-hydrogen) atoms. The third-order valence-electron chi connectivity index (χ3n) is 5.89.